The quantitative estimate of drug-likeness (QED) is 0.746. The minimum absolute atomic E-state index is 0.217. The van der Waals surface area contributed by atoms with Crippen LogP contribution in [-0.4, -0.2) is 16.9 Å². The van der Waals surface area contributed by atoms with Gasteiger partial charge in [0.1, 0.15) is 0 Å². The van der Waals surface area contributed by atoms with Gasteiger partial charge < -0.3 is 10.7 Å². The number of aromatic nitrogens is 1. The maximum Gasteiger partial charge on any atom is 0.247 e. The van der Waals surface area contributed by atoms with E-state index >= 15 is 0 Å². The lowest BCUT2D eigenvalue weighted by atomic mass is 10.1. The number of nitrogens with one attached hydrogen (secondary N) is 2. The maximum absolute atomic E-state index is 11.3. The summed E-state index contributed by atoms with van der Waals surface area (Å²) >= 11 is 2.88. The van der Waals surface area contributed by atoms with Gasteiger partial charge in [-0.05, 0) is 18.1 Å². The minimum Gasteiger partial charge on any atom is -0.361 e. The molecule has 1 aromatic heterocycles. The van der Waals surface area contributed by atoms with Gasteiger partial charge in [0.15, 0.2) is 0 Å². The Hall–Kier alpha value is -1.33. The van der Waals surface area contributed by atoms with E-state index in [4.69, 9.17) is 5.73 Å². The normalized spacial score (nSPS) is 12.6. The second-order valence-corrected chi connectivity index (χ2v) is 4.03. The summed E-state index contributed by atoms with van der Waals surface area (Å²) in [5, 5.41) is 1.11. The third kappa shape index (κ3) is 2.10. The molecule has 4 nitrogen and oxygen atoms in total. The topological polar surface area (TPSA) is 70.9 Å². The number of para-hydroxylation sites is 1. The summed E-state index contributed by atoms with van der Waals surface area (Å²) < 4.78 is 2.36. The van der Waals surface area contributed by atoms with Crippen LogP contribution in [0.5, 0.6) is 0 Å². The fraction of sp³-hybridized carbons (Fsp3) is 0.182. The molecule has 84 valence electrons. The van der Waals surface area contributed by atoms with Gasteiger partial charge >= 0.3 is 0 Å². The zero-order valence-electron chi connectivity index (χ0n) is 8.53. The van der Waals surface area contributed by atoms with E-state index < -0.39 is 6.04 Å². The third-order valence-corrected chi connectivity index (χ3v) is 2.94. The van der Waals surface area contributed by atoms with Crippen LogP contribution in [0.2, 0.25) is 0 Å². The molecule has 0 radical (unpaired) electrons. The Morgan fingerprint density at radius 3 is 3.00 bits per heavy atom. The molecule has 0 fully saturated rings. The highest BCUT2D eigenvalue weighted by atomic mass is 79.9. The number of fused-ring (bicyclic) bond motifs is 1. The Morgan fingerprint density at radius 2 is 2.25 bits per heavy atom. The molecule has 16 heavy (non-hydrogen) atoms. The standard InChI is InChI=1S/C11H12BrN3O/c12-15-11(16)9(13)5-7-6-14-10-4-2-1-3-8(7)10/h1-4,6,9,14H,5,13H2,(H,15,16)/t9-/m0/s1. The third-order valence-electron chi connectivity index (χ3n) is 2.54. The number of H-pyrrole nitrogens is 1. The molecule has 5 heteroatoms. The molecule has 0 saturated carbocycles. The van der Waals surface area contributed by atoms with Crippen molar-refractivity contribution in [3.05, 3.63) is 36.0 Å². The van der Waals surface area contributed by atoms with Gasteiger partial charge in [-0.1, -0.05) is 18.2 Å². The summed E-state index contributed by atoms with van der Waals surface area (Å²) in [5.74, 6) is -0.217. The van der Waals surface area contributed by atoms with Crippen molar-refractivity contribution >= 4 is 33.0 Å². The van der Waals surface area contributed by atoms with E-state index in [-0.39, 0.29) is 5.91 Å². The maximum atomic E-state index is 11.3. The largest absolute Gasteiger partial charge is 0.361 e. The molecular formula is C11H12BrN3O. The molecule has 2 rings (SSSR count). The van der Waals surface area contributed by atoms with Gasteiger partial charge in [-0.2, -0.15) is 0 Å². The predicted molar refractivity (Wildman–Crippen MR) is 67.0 cm³/mol. The summed E-state index contributed by atoms with van der Waals surface area (Å²) in [6, 6.07) is 7.40. The summed E-state index contributed by atoms with van der Waals surface area (Å²) in [5.41, 5.74) is 7.87. The fourth-order valence-corrected chi connectivity index (χ4v) is 1.99. The molecule has 1 amide bonds. The van der Waals surface area contributed by atoms with Crippen molar-refractivity contribution in [2.75, 3.05) is 0 Å². The summed E-state index contributed by atoms with van der Waals surface area (Å²) in [6.07, 6.45) is 2.41. The van der Waals surface area contributed by atoms with Gasteiger partial charge in [0.25, 0.3) is 0 Å². The Morgan fingerprint density at radius 1 is 1.50 bits per heavy atom. The van der Waals surface area contributed by atoms with Gasteiger partial charge in [0.05, 0.1) is 6.04 Å². The van der Waals surface area contributed by atoms with E-state index in [1.165, 1.54) is 0 Å². The minimum atomic E-state index is -0.543. The molecule has 0 unspecified atom stereocenters. The van der Waals surface area contributed by atoms with Crippen LogP contribution < -0.4 is 10.1 Å². The van der Waals surface area contributed by atoms with Crippen molar-refractivity contribution in [3.8, 4) is 0 Å². The molecule has 0 bridgehead atoms. The highest BCUT2D eigenvalue weighted by molar-refractivity contribution is 9.08. The number of amides is 1. The van der Waals surface area contributed by atoms with E-state index in [1.807, 2.05) is 30.5 Å². The molecule has 1 atom stereocenters. The summed E-state index contributed by atoms with van der Waals surface area (Å²) in [7, 11) is 0. The van der Waals surface area contributed by atoms with E-state index in [0.717, 1.165) is 16.5 Å². The Kier molecular flexibility index (Phi) is 3.26. The van der Waals surface area contributed by atoms with Gasteiger partial charge in [-0.3, -0.25) is 9.14 Å². The number of aromatic amines is 1. The average molecular weight is 282 g/mol. The van der Waals surface area contributed by atoms with Gasteiger partial charge in [0, 0.05) is 33.2 Å². The van der Waals surface area contributed by atoms with Crippen LogP contribution in [0, 0.1) is 0 Å². The highest BCUT2D eigenvalue weighted by Crippen LogP contribution is 2.18. The second-order valence-electron chi connectivity index (χ2n) is 3.63. The summed E-state index contributed by atoms with van der Waals surface area (Å²) in [4.78, 5) is 14.4. The van der Waals surface area contributed by atoms with Crippen molar-refractivity contribution in [2.45, 2.75) is 12.5 Å². The van der Waals surface area contributed by atoms with Crippen molar-refractivity contribution in [2.24, 2.45) is 5.73 Å². The molecule has 0 spiro atoms. The number of carbonyl (C=O) groups excluding carboxylic acids is 1. The van der Waals surface area contributed by atoms with Crippen LogP contribution >= 0.6 is 16.1 Å². The van der Waals surface area contributed by atoms with Gasteiger partial charge in [-0.25, -0.2) is 0 Å². The second kappa shape index (κ2) is 4.67. The van der Waals surface area contributed by atoms with Crippen LogP contribution in [-0.2, 0) is 11.2 Å². The Balaban J connectivity index is 2.24. The van der Waals surface area contributed by atoms with Crippen LogP contribution in [0.1, 0.15) is 5.56 Å². The van der Waals surface area contributed by atoms with Gasteiger partial charge in [0.2, 0.25) is 5.91 Å². The first-order chi connectivity index (χ1) is 7.72. The van der Waals surface area contributed by atoms with Crippen LogP contribution in [0.3, 0.4) is 0 Å². The van der Waals surface area contributed by atoms with Gasteiger partial charge in [-0.15, -0.1) is 0 Å². The van der Waals surface area contributed by atoms with Crippen LogP contribution in [0.4, 0.5) is 0 Å². The Bertz CT molecular complexity index is 509. The number of halogens is 1. The molecule has 2 aromatic rings. The van der Waals surface area contributed by atoms with Crippen molar-refractivity contribution in [3.63, 3.8) is 0 Å². The zero-order valence-corrected chi connectivity index (χ0v) is 10.1. The lowest BCUT2D eigenvalue weighted by Crippen LogP contribution is -2.38. The smallest absolute Gasteiger partial charge is 0.247 e. The van der Waals surface area contributed by atoms with E-state index in [0.29, 0.717) is 6.42 Å². The van der Waals surface area contributed by atoms with Crippen molar-refractivity contribution in [1.82, 2.24) is 9.33 Å². The molecule has 0 aliphatic heterocycles. The van der Waals surface area contributed by atoms with Crippen molar-refractivity contribution < 1.29 is 4.79 Å². The molecule has 0 saturated heterocycles. The lowest BCUT2D eigenvalue weighted by Gasteiger charge is -2.07. The highest BCUT2D eigenvalue weighted by Gasteiger charge is 2.14. The predicted octanol–water partition coefficient (Wildman–Crippen LogP) is 1.46. The number of carbonyl (C=O) groups is 1. The van der Waals surface area contributed by atoms with E-state index in [9.17, 15) is 4.79 Å². The molecule has 0 aliphatic rings. The monoisotopic (exact) mass is 281 g/mol. The number of hydrogen-bond acceptors (Lipinski definition) is 2. The first-order valence-electron chi connectivity index (χ1n) is 4.93. The number of nitrogens with two attached hydrogens (primary N) is 1. The van der Waals surface area contributed by atoms with Crippen LogP contribution in [0.15, 0.2) is 30.5 Å². The Labute approximate surface area is 102 Å². The average Bonchev–Trinajstić information content (AvgIpc) is 2.72. The summed E-state index contributed by atoms with van der Waals surface area (Å²) in [6.45, 7) is 0. The number of hydrogen-bond donors (Lipinski definition) is 3. The number of benzene rings is 1. The molecular weight excluding hydrogens is 270 g/mol. The first-order valence-corrected chi connectivity index (χ1v) is 5.72. The van der Waals surface area contributed by atoms with Crippen LogP contribution in [0.25, 0.3) is 10.9 Å². The zero-order chi connectivity index (χ0) is 11.5. The van der Waals surface area contributed by atoms with Crippen molar-refractivity contribution in [1.29, 1.82) is 0 Å². The number of rotatable bonds is 3. The van der Waals surface area contributed by atoms with E-state index in [2.05, 4.69) is 25.5 Å². The molecule has 0 aliphatic carbocycles. The molecule has 4 N–H and O–H groups in total. The fourth-order valence-electron chi connectivity index (χ4n) is 1.70. The SMILES string of the molecule is N[C@@H](Cc1c[nH]c2ccccc12)C(=O)NBr. The molecule has 1 aromatic carbocycles. The molecule has 1 heterocycles. The van der Waals surface area contributed by atoms with E-state index in [1.54, 1.807) is 0 Å². The lowest BCUT2D eigenvalue weighted by molar-refractivity contribution is -0.120. The first kappa shape index (κ1) is 11.2.